The Hall–Kier alpha value is -1.47. The van der Waals surface area contributed by atoms with Crippen molar-refractivity contribution in [3.63, 3.8) is 0 Å². The molecule has 1 aliphatic rings. The fourth-order valence-corrected chi connectivity index (χ4v) is 4.00. The van der Waals surface area contributed by atoms with Crippen LogP contribution in [-0.4, -0.2) is 11.7 Å². The number of rotatable bonds is 2. The van der Waals surface area contributed by atoms with E-state index in [0.29, 0.717) is 11.4 Å². The number of benzene rings is 2. The van der Waals surface area contributed by atoms with E-state index in [1.165, 1.54) is 23.9 Å². The van der Waals surface area contributed by atoms with Gasteiger partial charge in [-0.2, -0.15) is 13.2 Å². The Morgan fingerprint density at radius 2 is 1.83 bits per heavy atom. The molecule has 120 valence electrons. The van der Waals surface area contributed by atoms with Crippen molar-refractivity contribution < 1.29 is 18.0 Å². The zero-order chi connectivity index (χ0) is 16.6. The molecule has 0 spiro atoms. The van der Waals surface area contributed by atoms with Crippen molar-refractivity contribution in [2.24, 2.45) is 0 Å². The molecule has 3 rings (SSSR count). The van der Waals surface area contributed by atoms with E-state index in [1.54, 1.807) is 4.90 Å². The van der Waals surface area contributed by atoms with Crippen molar-refractivity contribution in [2.75, 3.05) is 10.7 Å². The van der Waals surface area contributed by atoms with E-state index in [4.69, 9.17) is 0 Å². The summed E-state index contributed by atoms with van der Waals surface area (Å²) in [6.07, 6.45) is -4.38. The van der Waals surface area contributed by atoms with Crippen LogP contribution in [0.15, 0.2) is 53.0 Å². The van der Waals surface area contributed by atoms with Crippen LogP contribution in [0.3, 0.4) is 0 Å². The Labute approximate surface area is 143 Å². The SMILES string of the molecule is O=C1CS[C@@H](c2cccc(Br)c2)N1c1ccc(C(F)(F)F)cc1. The molecule has 1 amide bonds. The summed E-state index contributed by atoms with van der Waals surface area (Å²) < 4.78 is 38.9. The second-order valence-electron chi connectivity index (χ2n) is 5.03. The third-order valence-electron chi connectivity index (χ3n) is 3.47. The van der Waals surface area contributed by atoms with Gasteiger partial charge in [-0.15, -0.1) is 11.8 Å². The summed E-state index contributed by atoms with van der Waals surface area (Å²) in [5.41, 5.74) is 0.674. The highest BCUT2D eigenvalue weighted by Crippen LogP contribution is 2.42. The first-order valence-corrected chi connectivity index (χ1v) is 8.57. The van der Waals surface area contributed by atoms with E-state index in [2.05, 4.69) is 15.9 Å². The van der Waals surface area contributed by atoms with Crippen LogP contribution >= 0.6 is 27.7 Å². The number of halogens is 4. The van der Waals surface area contributed by atoms with Crippen molar-refractivity contribution >= 4 is 39.3 Å². The van der Waals surface area contributed by atoms with Crippen LogP contribution in [-0.2, 0) is 11.0 Å². The van der Waals surface area contributed by atoms with Gasteiger partial charge in [-0.3, -0.25) is 9.69 Å². The molecule has 0 N–H and O–H groups in total. The minimum Gasteiger partial charge on any atom is -0.295 e. The average Bonchev–Trinajstić information content (AvgIpc) is 2.88. The number of thioether (sulfide) groups is 1. The lowest BCUT2D eigenvalue weighted by molar-refractivity contribution is -0.137. The van der Waals surface area contributed by atoms with Gasteiger partial charge in [0.05, 0.1) is 11.3 Å². The molecule has 1 aliphatic heterocycles. The molecule has 0 radical (unpaired) electrons. The predicted molar refractivity (Wildman–Crippen MR) is 88.3 cm³/mol. The number of carbonyl (C=O) groups excluding carboxylic acids is 1. The van der Waals surface area contributed by atoms with Crippen LogP contribution < -0.4 is 4.90 Å². The van der Waals surface area contributed by atoms with Gasteiger partial charge >= 0.3 is 6.18 Å². The van der Waals surface area contributed by atoms with E-state index in [-0.39, 0.29) is 11.3 Å². The zero-order valence-corrected chi connectivity index (χ0v) is 14.1. The highest BCUT2D eigenvalue weighted by molar-refractivity contribution is 9.10. The molecule has 0 bridgehead atoms. The van der Waals surface area contributed by atoms with Crippen molar-refractivity contribution in [1.82, 2.24) is 0 Å². The Kier molecular flexibility index (Phi) is 4.42. The first-order valence-electron chi connectivity index (χ1n) is 6.72. The van der Waals surface area contributed by atoms with Crippen molar-refractivity contribution in [1.29, 1.82) is 0 Å². The number of nitrogens with zero attached hydrogens (tertiary/aromatic N) is 1. The quantitative estimate of drug-likeness (QED) is 0.684. The molecule has 1 fully saturated rings. The fourth-order valence-electron chi connectivity index (χ4n) is 2.42. The number of anilines is 1. The second-order valence-corrected chi connectivity index (χ2v) is 7.01. The van der Waals surface area contributed by atoms with Crippen molar-refractivity contribution in [3.05, 3.63) is 64.1 Å². The average molecular weight is 402 g/mol. The first-order chi connectivity index (χ1) is 10.9. The summed E-state index contributed by atoms with van der Waals surface area (Å²) in [6, 6.07) is 12.3. The van der Waals surface area contributed by atoms with Crippen LogP contribution in [0.5, 0.6) is 0 Å². The van der Waals surface area contributed by atoms with Gasteiger partial charge in [-0.25, -0.2) is 0 Å². The summed E-state index contributed by atoms with van der Waals surface area (Å²) in [7, 11) is 0. The standard InChI is InChI=1S/C16H11BrF3NOS/c17-12-3-1-2-10(8-12)15-21(14(22)9-23-15)13-6-4-11(5-7-13)16(18,19)20/h1-8,15H,9H2/t15-/m0/s1. The normalized spacial score (nSPS) is 18.5. The molecule has 1 heterocycles. The van der Waals surface area contributed by atoms with Crippen LogP contribution in [0.25, 0.3) is 0 Å². The highest BCUT2D eigenvalue weighted by atomic mass is 79.9. The second kappa shape index (κ2) is 6.20. The van der Waals surface area contributed by atoms with Gasteiger partial charge in [0.1, 0.15) is 5.37 Å². The van der Waals surface area contributed by atoms with Crippen LogP contribution in [0.1, 0.15) is 16.5 Å². The number of amides is 1. The minimum absolute atomic E-state index is 0.111. The summed E-state index contributed by atoms with van der Waals surface area (Å²) in [6.45, 7) is 0. The van der Waals surface area contributed by atoms with Gasteiger partial charge in [-0.05, 0) is 42.0 Å². The summed E-state index contributed by atoms with van der Waals surface area (Å²) in [4.78, 5) is 13.7. The number of hydrogen-bond acceptors (Lipinski definition) is 2. The molecule has 0 aromatic heterocycles. The van der Waals surface area contributed by atoms with E-state index < -0.39 is 11.7 Å². The summed E-state index contributed by atoms with van der Waals surface area (Å²) in [5, 5.41) is -0.239. The van der Waals surface area contributed by atoms with Gasteiger partial charge in [0.25, 0.3) is 0 Å². The molecule has 1 atom stereocenters. The maximum absolute atomic E-state index is 12.7. The highest BCUT2D eigenvalue weighted by Gasteiger charge is 2.35. The van der Waals surface area contributed by atoms with Crippen molar-refractivity contribution in [3.8, 4) is 0 Å². The predicted octanol–water partition coefficient (Wildman–Crippen LogP) is 5.25. The van der Waals surface area contributed by atoms with E-state index in [0.717, 1.165) is 22.2 Å². The molecule has 2 aromatic rings. The molecule has 1 saturated heterocycles. The maximum atomic E-state index is 12.7. The third-order valence-corrected chi connectivity index (χ3v) is 5.18. The molecular weight excluding hydrogens is 391 g/mol. The molecule has 2 nitrogen and oxygen atoms in total. The van der Waals surface area contributed by atoms with Gasteiger partial charge in [0.15, 0.2) is 0 Å². The van der Waals surface area contributed by atoms with E-state index >= 15 is 0 Å². The molecule has 0 unspecified atom stereocenters. The van der Waals surface area contributed by atoms with Gasteiger partial charge < -0.3 is 0 Å². The largest absolute Gasteiger partial charge is 0.416 e. The number of alkyl halides is 3. The molecule has 23 heavy (non-hydrogen) atoms. The van der Waals surface area contributed by atoms with Crippen molar-refractivity contribution in [2.45, 2.75) is 11.6 Å². The summed E-state index contributed by atoms with van der Waals surface area (Å²) >= 11 is 4.85. The lowest BCUT2D eigenvalue weighted by atomic mass is 10.1. The molecule has 2 aromatic carbocycles. The van der Waals surface area contributed by atoms with Gasteiger partial charge in [-0.1, -0.05) is 28.1 Å². The Balaban J connectivity index is 1.94. The summed E-state index contributed by atoms with van der Waals surface area (Å²) in [5.74, 6) is 0.192. The Morgan fingerprint density at radius 1 is 1.13 bits per heavy atom. The molecule has 7 heteroatoms. The van der Waals surface area contributed by atoms with E-state index in [1.807, 2.05) is 24.3 Å². The maximum Gasteiger partial charge on any atom is 0.416 e. The number of carbonyl (C=O) groups is 1. The van der Waals surface area contributed by atoms with Crippen LogP contribution in [0.4, 0.5) is 18.9 Å². The molecule has 0 saturated carbocycles. The first kappa shape index (κ1) is 16.4. The molecular formula is C16H11BrF3NOS. The Bertz CT molecular complexity index is 733. The third kappa shape index (κ3) is 3.40. The zero-order valence-electron chi connectivity index (χ0n) is 11.7. The number of hydrogen-bond donors (Lipinski definition) is 0. The topological polar surface area (TPSA) is 20.3 Å². The lowest BCUT2D eigenvalue weighted by Crippen LogP contribution is -2.27. The van der Waals surface area contributed by atoms with Crippen LogP contribution in [0, 0.1) is 0 Å². The lowest BCUT2D eigenvalue weighted by Gasteiger charge is -2.24. The van der Waals surface area contributed by atoms with Gasteiger partial charge in [0.2, 0.25) is 5.91 Å². The van der Waals surface area contributed by atoms with Crippen LogP contribution in [0.2, 0.25) is 0 Å². The minimum atomic E-state index is -4.38. The fraction of sp³-hybridized carbons (Fsp3) is 0.188. The van der Waals surface area contributed by atoms with E-state index in [9.17, 15) is 18.0 Å². The molecule has 0 aliphatic carbocycles. The smallest absolute Gasteiger partial charge is 0.295 e. The monoisotopic (exact) mass is 401 g/mol. The Morgan fingerprint density at radius 3 is 2.43 bits per heavy atom. The van der Waals surface area contributed by atoms with Gasteiger partial charge in [0, 0.05) is 10.2 Å².